The van der Waals surface area contributed by atoms with Crippen molar-refractivity contribution >= 4 is 68.1 Å². The molecule has 0 saturated carbocycles. The van der Waals surface area contributed by atoms with Gasteiger partial charge in [0.25, 0.3) is 0 Å². The number of nitrogens with one attached hydrogen (secondary N) is 1. The number of benzene rings is 1. The van der Waals surface area contributed by atoms with Crippen LogP contribution >= 0.6 is 62.4 Å². The number of halogens is 3. The van der Waals surface area contributed by atoms with Gasteiger partial charge in [-0.15, -0.1) is 11.3 Å². The number of thiophene rings is 1. The number of aromatic hydroxyl groups is 1. The summed E-state index contributed by atoms with van der Waals surface area (Å²) in [6, 6.07) is 6.93. The van der Waals surface area contributed by atoms with Gasteiger partial charge in [0, 0.05) is 16.2 Å². The largest absolute Gasteiger partial charge is 0.506 e. The molecule has 1 aromatic heterocycles. The smallest absolute Gasteiger partial charge is 0.136 e. The Bertz CT molecular complexity index is 528. The SMILES string of the molecule is Oc1cc(NSc2cc(Br)c(Cl)s2)ccc1Cl. The molecular weight excluding hydrogens is 365 g/mol. The van der Waals surface area contributed by atoms with Gasteiger partial charge in [-0.2, -0.15) is 0 Å². The van der Waals surface area contributed by atoms with E-state index in [1.54, 1.807) is 18.2 Å². The van der Waals surface area contributed by atoms with Crippen molar-refractivity contribution in [2.45, 2.75) is 4.21 Å². The molecule has 0 aliphatic rings. The maximum atomic E-state index is 9.44. The van der Waals surface area contributed by atoms with Crippen molar-refractivity contribution in [2.75, 3.05) is 4.72 Å². The predicted octanol–water partition coefficient (Wildman–Crippen LogP) is 5.64. The lowest BCUT2D eigenvalue weighted by Crippen LogP contribution is -1.84. The fourth-order valence-corrected chi connectivity index (χ4v) is 3.97. The van der Waals surface area contributed by atoms with Crippen LogP contribution in [0.25, 0.3) is 0 Å². The molecule has 0 spiro atoms. The van der Waals surface area contributed by atoms with Crippen molar-refractivity contribution in [3.8, 4) is 5.75 Å². The third-order valence-electron chi connectivity index (χ3n) is 1.84. The zero-order valence-corrected chi connectivity index (χ0v) is 12.9. The molecule has 0 unspecified atom stereocenters. The summed E-state index contributed by atoms with van der Waals surface area (Å²) >= 11 is 17.9. The number of phenols is 1. The highest BCUT2D eigenvalue weighted by Crippen LogP contribution is 2.38. The van der Waals surface area contributed by atoms with Crippen molar-refractivity contribution in [1.82, 2.24) is 0 Å². The molecule has 0 fully saturated rings. The zero-order valence-electron chi connectivity index (χ0n) is 8.21. The molecule has 90 valence electrons. The van der Waals surface area contributed by atoms with Crippen LogP contribution in [0.1, 0.15) is 0 Å². The highest BCUT2D eigenvalue weighted by Gasteiger charge is 2.06. The Kier molecular flexibility index (Phi) is 4.49. The number of anilines is 1. The van der Waals surface area contributed by atoms with Gasteiger partial charge in [-0.3, -0.25) is 0 Å². The standard InChI is InChI=1S/C10H6BrCl2NOS2/c11-6-4-9(16-10(6)13)17-14-5-1-2-7(12)8(15)3-5/h1-4,14-15H. The molecule has 2 nitrogen and oxygen atoms in total. The first-order chi connectivity index (χ1) is 8.06. The summed E-state index contributed by atoms with van der Waals surface area (Å²) in [6.45, 7) is 0. The molecule has 0 saturated heterocycles. The van der Waals surface area contributed by atoms with Gasteiger partial charge < -0.3 is 9.83 Å². The van der Waals surface area contributed by atoms with E-state index >= 15 is 0 Å². The Morgan fingerprint density at radius 2 is 2.06 bits per heavy atom. The summed E-state index contributed by atoms with van der Waals surface area (Å²) in [5.41, 5.74) is 0.776. The molecule has 1 aromatic carbocycles. The summed E-state index contributed by atoms with van der Waals surface area (Å²) in [7, 11) is 0. The molecular formula is C10H6BrCl2NOS2. The quantitative estimate of drug-likeness (QED) is 0.685. The van der Waals surface area contributed by atoms with Crippen LogP contribution in [-0.4, -0.2) is 5.11 Å². The number of rotatable bonds is 3. The van der Waals surface area contributed by atoms with Gasteiger partial charge in [0.1, 0.15) is 10.1 Å². The molecule has 2 rings (SSSR count). The predicted molar refractivity (Wildman–Crippen MR) is 79.6 cm³/mol. The Morgan fingerprint density at radius 3 is 2.65 bits per heavy atom. The fraction of sp³-hybridized carbons (Fsp3) is 0. The first-order valence-corrected chi connectivity index (χ1v) is 7.60. The fourth-order valence-electron chi connectivity index (χ4n) is 1.06. The highest BCUT2D eigenvalue weighted by molar-refractivity contribution is 9.10. The third-order valence-corrected chi connectivity index (χ3v) is 5.58. The van der Waals surface area contributed by atoms with E-state index in [1.807, 2.05) is 6.07 Å². The van der Waals surface area contributed by atoms with Crippen molar-refractivity contribution in [3.05, 3.63) is 38.1 Å². The summed E-state index contributed by atoms with van der Waals surface area (Å²) in [5, 5.41) is 9.77. The van der Waals surface area contributed by atoms with E-state index in [4.69, 9.17) is 23.2 Å². The molecule has 0 amide bonds. The van der Waals surface area contributed by atoms with E-state index < -0.39 is 0 Å². The Balaban J connectivity index is 2.04. The van der Waals surface area contributed by atoms with Crippen LogP contribution in [0.3, 0.4) is 0 Å². The van der Waals surface area contributed by atoms with E-state index in [9.17, 15) is 5.11 Å². The van der Waals surface area contributed by atoms with E-state index in [0.717, 1.165) is 14.4 Å². The molecule has 17 heavy (non-hydrogen) atoms. The lowest BCUT2D eigenvalue weighted by atomic mass is 10.3. The van der Waals surface area contributed by atoms with Crippen LogP contribution in [0.5, 0.6) is 5.75 Å². The third kappa shape index (κ3) is 3.45. The number of hydrogen-bond acceptors (Lipinski definition) is 4. The zero-order chi connectivity index (χ0) is 12.4. The molecule has 2 aromatic rings. The molecule has 0 aliphatic carbocycles. The van der Waals surface area contributed by atoms with E-state index in [2.05, 4.69) is 20.7 Å². The first-order valence-electron chi connectivity index (χ1n) is 4.42. The van der Waals surface area contributed by atoms with Gasteiger partial charge in [0.2, 0.25) is 0 Å². The molecule has 0 bridgehead atoms. The lowest BCUT2D eigenvalue weighted by molar-refractivity contribution is 0.476. The second-order valence-electron chi connectivity index (χ2n) is 3.06. The van der Waals surface area contributed by atoms with Crippen molar-refractivity contribution in [3.63, 3.8) is 0 Å². The van der Waals surface area contributed by atoms with Gasteiger partial charge in [-0.05, 0) is 46.1 Å². The molecule has 0 atom stereocenters. The second-order valence-corrected chi connectivity index (χ2v) is 7.08. The second kappa shape index (κ2) is 5.71. The topological polar surface area (TPSA) is 32.3 Å². The normalized spacial score (nSPS) is 10.5. The summed E-state index contributed by atoms with van der Waals surface area (Å²) in [4.78, 5) is 0. The van der Waals surface area contributed by atoms with E-state index in [-0.39, 0.29) is 5.75 Å². The van der Waals surface area contributed by atoms with Crippen LogP contribution in [0.2, 0.25) is 9.36 Å². The van der Waals surface area contributed by atoms with Crippen molar-refractivity contribution in [2.24, 2.45) is 0 Å². The van der Waals surface area contributed by atoms with E-state index in [0.29, 0.717) is 9.36 Å². The van der Waals surface area contributed by atoms with Gasteiger partial charge in [0.05, 0.1) is 9.23 Å². The van der Waals surface area contributed by atoms with Crippen molar-refractivity contribution in [1.29, 1.82) is 0 Å². The van der Waals surface area contributed by atoms with Crippen LogP contribution < -0.4 is 4.72 Å². The number of phenolic OH excluding ortho intramolecular Hbond substituents is 1. The lowest BCUT2D eigenvalue weighted by Gasteiger charge is -2.04. The van der Waals surface area contributed by atoms with Crippen LogP contribution in [0.4, 0.5) is 5.69 Å². The summed E-state index contributed by atoms with van der Waals surface area (Å²) in [6.07, 6.45) is 0. The average Bonchev–Trinajstić information content (AvgIpc) is 2.60. The van der Waals surface area contributed by atoms with Crippen molar-refractivity contribution < 1.29 is 5.11 Å². The van der Waals surface area contributed by atoms with Crippen LogP contribution in [0.15, 0.2) is 32.9 Å². The Labute approximate surface area is 125 Å². The van der Waals surface area contributed by atoms with Crippen LogP contribution in [0, 0.1) is 0 Å². The first kappa shape index (κ1) is 13.4. The Hall–Kier alpha value is -0.0700. The minimum Gasteiger partial charge on any atom is -0.506 e. The number of hydrogen-bond donors (Lipinski definition) is 2. The molecule has 1 heterocycles. The Morgan fingerprint density at radius 1 is 1.29 bits per heavy atom. The van der Waals surface area contributed by atoms with Crippen LogP contribution in [-0.2, 0) is 0 Å². The molecule has 0 radical (unpaired) electrons. The molecule has 2 N–H and O–H groups in total. The average molecular weight is 371 g/mol. The highest BCUT2D eigenvalue weighted by atomic mass is 79.9. The van der Waals surface area contributed by atoms with E-state index in [1.165, 1.54) is 23.3 Å². The monoisotopic (exact) mass is 369 g/mol. The minimum atomic E-state index is 0.0580. The van der Waals surface area contributed by atoms with Gasteiger partial charge in [-0.1, -0.05) is 23.2 Å². The minimum absolute atomic E-state index is 0.0580. The van der Waals surface area contributed by atoms with Gasteiger partial charge in [-0.25, -0.2) is 0 Å². The van der Waals surface area contributed by atoms with Gasteiger partial charge in [0.15, 0.2) is 0 Å². The maximum Gasteiger partial charge on any atom is 0.136 e. The maximum absolute atomic E-state index is 9.44. The summed E-state index contributed by atoms with van der Waals surface area (Å²) < 4.78 is 5.72. The molecule has 0 aliphatic heterocycles. The molecule has 7 heteroatoms. The van der Waals surface area contributed by atoms with Gasteiger partial charge >= 0.3 is 0 Å². The summed E-state index contributed by atoms with van der Waals surface area (Å²) in [5.74, 6) is 0.0580.